The summed E-state index contributed by atoms with van der Waals surface area (Å²) >= 11 is 1.65. The van der Waals surface area contributed by atoms with Gasteiger partial charge in [0, 0.05) is 43.7 Å². The van der Waals surface area contributed by atoms with Crippen LogP contribution < -0.4 is 5.32 Å². The molecule has 1 aliphatic carbocycles. The number of ether oxygens (including phenoxy) is 2. The highest BCUT2D eigenvalue weighted by molar-refractivity contribution is 7.07. The van der Waals surface area contributed by atoms with Crippen molar-refractivity contribution in [1.29, 1.82) is 0 Å². The maximum atomic E-state index is 5.78. The minimum atomic E-state index is 0.250. The van der Waals surface area contributed by atoms with Crippen LogP contribution >= 0.6 is 11.3 Å². The zero-order valence-corrected chi connectivity index (χ0v) is 13.5. The van der Waals surface area contributed by atoms with E-state index in [0.717, 1.165) is 64.5 Å². The molecule has 0 spiro atoms. The van der Waals surface area contributed by atoms with E-state index in [0.29, 0.717) is 6.10 Å². The molecule has 2 aliphatic rings. The zero-order chi connectivity index (χ0) is 14.5. The first kappa shape index (κ1) is 15.4. The van der Waals surface area contributed by atoms with Gasteiger partial charge < -0.3 is 14.8 Å². The summed E-state index contributed by atoms with van der Waals surface area (Å²) in [4.78, 5) is 6.93. The van der Waals surface area contributed by atoms with E-state index in [1.165, 1.54) is 0 Å². The molecule has 3 rings (SSSR count). The molecule has 118 valence electrons. The molecular formula is C15H25N3O2S. The second kappa shape index (κ2) is 7.15. The van der Waals surface area contributed by atoms with Crippen LogP contribution in [0.1, 0.15) is 25.5 Å². The van der Waals surface area contributed by atoms with E-state index in [9.17, 15) is 0 Å². The van der Waals surface area contributed by atoms with Crippen molar-refractivity contribution in [2.45, 2.75) is 38.0 Å². The van der Waals surface area contributed by atoms with Gasteiger partial charge in [0.1, 0.15) is 0 Å². The van der Waals surface area contributed by atoms with Crippen LogP contribution in [0, 0.1) is 0 Å². The summed E-state index contributed by atoms with van der Waals surface area (Å²) in [6, 6.07) is 0. The fraction of sp³-hybridized carbons (Fsp3) is 0.800. The first-order chi connectivity index (χ1) is 10.3. The average Bonchev–Trinajstić information content (AvgIpc) is 2.98. The van der Waals surface area contributed by atoms with E-state index in [2.05, 4.69) is 27.5 Å². The third-order valence-corrected chi connectivity index (χ3v) is 5.18. The van der Waals surface area contributed by atoms with E-state index >= 15 is 0 Å². The smallest absolute Gasteiger partial charge is 0.0795 e. The third kappa shape index (κ3) is 3.63. The van der Waals surface area contributed by atoms with Crippen LogP contribution in [0.5, 0.6) is 0 Å². The molecule has 1 N–H and O–H groups in total. The lowest BCUT2D eigenvalue weighted by atomic mass is 9.72. The summed E-state index contributed by atoms with van der Waals surface area (Å²) in [6.45, 7) is 8.54. The number of hydrogen-bond donors (Lipinski definition) is 1. The number of rotatable bonds is 7. The first-order valence-electron chi connectivity index (χ1n) is 7.84. The van der Waals surface area contributed by atoms with Crippen molar-refractivity contribution < 1.29 is 9.47 Å². The maximum Gasteiger partial charge on any atom is 0.0795 e. The Bertz CT molecular complexity index is 415. The Labute approximate surface area is 130 Å². The molecule has 0 aromatic carbocycles. The summed E-state index contributed by atoms with van der Waals surface area (Å²) in [5.74, 6) is 0. The van der Waals surface area contributed by atoms with Crippen LogP contribution in [0.25, 0.3) is 0 Å². The van der Waals surface area contributed by atoms with Crippen LogP contribution in [-0.4, -0.2) is 61.0 Å². The van der Waals surface area contributed by atoms with Gasteiger partial charge in [-0.05, 0) is 19.8 Å². The average molecular weight is 311 g/mol. The summed E-state index contributed by atoms with van der Waals surface area (Å²) in [7, 11) is 0. The van der Waals surface area contributed by atoms with E-state index < -0.39 is 0 Å². The molecule has 0 radical (unpaired) electrons. The highest BCUT2D eigenvalue weighted by Crippen LogP contribution is 2.39. The molecule has 0 amide bonds. The quantitative estimate of drug-likeness (QED) is 0.827. The summed E-state index contributed by atoms with van der Waals surface area (Å²) < 4.78 is 11.3. The number of nitrogens with zero attached hydrogens (tertiary/aromatic N) is 2. The molecule has 0 atom stereocenters. The zero-order valence-electron chi connectivity index (χ0n) is 12.7. The normalized spacial score (nSPS) is 30.2. The van der Waals surface area contributed by atoms with Crippen molar-refractivity contribution >= 4 is 11.3 Å². The van der Waals surface area contributed by atoms with Crippen LogP contribution in [0.4, 0.5) is 0 Å². The van der Waals surface area contributed by atoms with Gasteiger partial charge in [0.05, 0.1) is 30.5 Å². The Morgan fingerprint density at radius 2 is 2.29 bits per heavy atom. The van der Waals surface area contributed by atoms with Crippen LogP contribution in [0.3, 0.4) is 0 Å². The molecule has 2 heterocycles. The molecular weight excluding hydrogens is 286 g/mol. The van der Waals surface area contributed by atoms with Gasteiger partial charge in [-0.3, -0.25) is 4.90 Å². The fourth-order valence-electron chi connectivity index (χ4n) is 3.44. The number of thiazole rings is 1. The van der Waals surface area contributed by atoms with E-state index in [-0.39, 0.29) is 5.54 Å². The van der Waals surface area contributed by atoms with Gasteiger partial charge in [-0.15, -0.1) is 11.3 Å². The van der Waals surface area contributed by atoms with Crippen molar-refractivity contribution in [2.75, 3.05) is 39.5 Å². The molecule has 0 bridgehead atoms. The van der Waals surface area contributed by atoms with Crippen LogP contribution in [0.2, 0.25) is 0 Å². The Hall–Kier alpha value is -0.530. The van der Waals surface area contributed by atoms with Gasteiger partial charge in [-0.1, -0.05) is 0 Å². The minimum absolute atomic E-state index is 0.250. The predicted molar refractivity (Wildman–Crippen MR) is 83.6 cm³/mol. The van der Waals surface area contributed by atoms with E-state index in [1.807, 2.05) is 5.51 Å². The summed E-state index contributed by atoms with van der Waals surface area (Å²) in [5, 5.41) is 5.71. The number of aromatic nitrogens is 1. The third-order valence-electron chi connectivity index (χ3n) is 4.54. The maximum absolute atomic E-state index is 5.78. The Morgan fingerprint density at radius 1 is 1.48 bits per heavy atom. The molecule has 6 heteroatoms. The Kier molecular flexibility index (Phi) is 5.24. The fourth-order valence-corrected chi connectivity index (χ4v) is 4.00. The molecule has 0 unspecified atom stereocenters. The lowest BCUT2D eigenvalue weighted by Crippen LogP contribution is -2.66. The SMILES string of the molecule is CCOC1CC(CNCc2cscn2)(N2CCOCC2)C1. The lowest BCUT2D eigenvalue weighted by molar-refractivity contribution is -0.125. The van der Waals surface area contributed by atoms with E-state index in [1.54, 1.807) is 11.3 Å². The van der Waals surface area contributed by atoms with Crippen molar-refractivity contribution in [1.82, 2.24) is 15.2 Å². The van der Waals surface area contributed by atoms with Crippen molar-refractivity contribution in [3.63, 3.8) is 0 Å². The van der Waals surface area contributed by atoms with Gasteiger partial charge in [0.25, 0.3) is 0 Å². The largest absolute Gasteiger partial charge is 0.379 e. The molecule has 21 heavy (non-hydrogen) atoms. The number of hydrogen-bond acceptors (Lipinski definition) is 6. The van der Waals surface area contributed by atoms with Gasteiger partial charge in [0.15, 0.2) is 0 Å². The second-order valence-corrected chi connectivity index (χ2v) is 6.61. The summed E-state index contributed by atoms with van der Waals surface area (Å²) in [6.07, 6.45) is 2.69. The van der Waals surface area contributed by atoms with Crippen molar-refractivity contribution in [3.05, 3.63) is 16.6 Å². The standard InChI is InChI=1S/C15H25N3O2S/c1-2-20-14-7-15(8-14,18-3-5-19-6-4-18)11-16-9-13-10-21-12-17-13/h10,12,14,16H,2-9,11H2,1H3. The van der Waals surface area contributed by atoms with Crippen LogP contribution in [-0.2, 0) is 16.0 Å². The minimum Gasteiger partial charge on any atom is -0.379 e. The second-order valence-electron chi connectivity index (χ2n) is 5.89. The highest BCUT2D eigenvalue weighted by atomic mass is 32.1. The van der Waals surface area contributed by atoms with Crippen molar-refractivity contribution in [3.8, 4) is 0 Å². The molecule has 1 aromatic rings. The highest BCUT2D eigenvalue weighted by Gasteiger charge is 2.48. The van der Waals surface area contributed by atoms with Crippen LogP contribution in [0.15, 0.2) is 10.9 Å². The Balaban J connectivity index is 1.54. The van der Waals surface area contributed by atoms with Gasteiger partial charge in [-0.2, -0.15) is 0 Å². The van der Waals surface area contributed by atoms with Gasteiger partial charge in [-0.25, -0.2) is 4.98 Å². The number of nitrogens with one attached hydrogen (secondary N) is 1. The predicted octanol–water partition coefficient (Wildman–Crippen LogP) is 1.50. The molecule has 2 fully saturated rings. The van der Waals surface area contributed by atoms with Crippen molar-refractivity contribution in [2.24, 2.45) is 0 Å². The number of morpholine rings is 1. The molecule has 1 aliphatic heterocycles. The molecule has 1 saturated heterocycles. The molecule has 5 nitrogen and oxygen atoms in total. The topological polar surface area (TPSA) is 46.6 Å². The molecule has 1 aromatic heterocycles. The molecule has 1 saturated carbocycles. The Morgan fingerprint density at radius 3 is 2.95 bits per heavy atom. The lowest BCUT2D eigenvalue weighted by Gasteiger charge is -2.55. The van der Waals surface area contributed by atoms with E-state index in [4.69, 9.17) is 9.47 Å². The van der Waals surface area contributed by atoms with Gasteiger partial charge in [0.2, 0.25) is 0 Å². The van der Waals surface area contributed by atoms with Gasteiger partial charge >= 0.3 is 0 Å². The monoisotopic (exact) mass is 311 g/mol. The first-order valence-corrected chi connectivity index (χ1v) is 8.79. The summed E-state index contributed by atoms with van der Waals surface area (Å²) in [5.41, 5.74) is 3.28.